The Hall–Kier alpha value is -2.41. The smallest absolute Gasteiger partial charge is 0.405 e. The highest BCUT2D eigenvalue weighted by Gasteiger charge is 2.25. The third kappa shape index (κ3) is 2.96. The SMILES string of the molecule is CSNc1cc(-c2cc(C)c(=O)n(C)c2)cc2c1oc(=O)n2CC1CC1. The normalized spacial score (nSPS) is 14.1. The van der Waals surface area contributed by atoms with Gasteiger partial charge in [0.05, 0.1) is 11.2 Å². The first-order valence-electron chi connectivity index (χ1n) is 8.62. The van der Waals surface area contributed by atoms with E-state index in [2.05, 4.69) is 4.72 Å². The lowest BCUT2D eigenvalue weighted by molar-refractivity contribution is 0.492. The van der Waals surface area contributed by atoms with Gasteiger partial charge in [0.25, 0.3) is 5.56 Å². The van der Waals surface area contributed by atoms with E-state index in [4.69, 9.17) is 4.42 Å². The Bertz CT molecular complexity index is 1080. The number of rotatable bonds is 5. The summed E-state index contributed by atoms with van der Waals surface area (Å²) in [5, 5.41) is 0. The summed E-state index contributed by atoms with van der Waals surface area (Å²) in [6.07, 6.45) is 6.07. The minimum absolute atomic E-state index is 0.00811. The summed E-state index contributed by atoms with van der Waals surface area (Å²) in [7, 11) is 1.75. The summed E-state index contributed by atoms with van der Waals surface area (Å²) < 4.78 is 12.1. The van der Waals surface area contributed by atoms with Gasteiger partial charge in [0.15, 0.2) is 5.58 Å². The molecule has 1 aliphatic rings. The highest BCUT2D eigenvalue weighted by Crippen LogP contribution is 2.35. The maximum Gasteiger partial charge on any atom is 0.420 e. The Balaban J connectivity index is 1.95. The maximum atomic E-state index is 12.4. The number of hydrogen-bond donors (Lipinski definition) is 1. The van der Waals surface area contributed by atoms with Crippen molar-refractivity contribution in [3.8, 4) is 11.1 Å². The number of anilines is 1. The molecule has 2 heterocycles. The van der Waals surface area contributed by atoms with Gasteiger partial charge in [-0.25, -0.2) is 4.79 Å². The molecule has 6 nitrogen and oxygen atoms in total. The van der Waals surface area contributed by atoms with Crippen LogP contribution in [0.3, 0.4) is 0 Å². The first kappa shape index (κ1) is 17.0. The maximum absolute atomic E-state index is 12.4. The van der Waals surface area contributed by atoms with Gasteiger partial charge in [0, 0.05) is 31.6 Å². The average Bonchev–Trinajstić information content (AvgIpc) is 3.37. The van der Waals surface area contributed by atoms with Crippen molar-refractivity contribution in [3.05, 3.63) is 50.9 Å². The van der Waals surface area contributed by atoms with E-state index in [1.165, 1.54) is 11.9 Å². The fraction of sp³-hybridized carbons (Fsp3) is 0.368. The molecule has 0 amide bonds. The Labute approximate surface area is 155 Å². The third-order valence-corrected chi connectivity index (χ3v) is 5.24. The summed E-state index contributed by atoms with van der Waals surface area (Å²) in [6, 6.07) is 5.83. The van der Waals surface area contributed by atoms with Gasteiger partial charge in [-0.1, -0.05) is 11.9 Å². The van der Waals surface area contributed by atoms with Crippen molar-refractivity contribution < 1.29 is 4.42 Å². The number of aryl methyl sites for hydroxylation is 2. The number of oxazole rings is 1. The largest absolute Gasteiger partial charge is 0.420 e. The second-order valence-electron chi connectivity index (χ2n) is 6.93. The Morgan fingerprint density at radius 3 is 2.65 bits per heavy atom. The topological polar surface area (TPSA) is 69.2 Å². The molecular formula is C19H21N3O3S. The number of aromatic nitrogens is 2. The summed E-state index contributed by atoms with van der Waals surface area (Å²) in [5.41, 5.74) is 4.69. The van der Waals surface area contributed by atoms with Gasteiger partial charge >= 0.3 is 5.76 Å². The highest BCUT2D eigenvalue weighted by atomic mass is 32.2. The monoisotopic (exact) mass is 371 g/mol. The van der Waals surface area contributed by atoms with Gasteiger partial charge in [0.1, 0.15) is 0 Å². The lowest BCUT2D eigenvalue weighted by Gasteiger charge is -2.10. The van der Waals surface area contributed by atoms with Crippen LogP contribution in [-0.2, 0) is 13.6 Å². The van der Waals surface area contributed by atoms with Crippen LogP contribution < -0.4 is 16.0 Å². The molecule has 7 heteroatoms. The van der Waals surface area contributed by atoms with Gasteiger partial charge in [-0.3, -0.25) is 9.36 Å². The van der Waals surface area contributed by atoms with E-state index in [1.54, 1.807) is 16.2 Å². The van der Waals surface area contributed by atoms with Crippen LogP contribution in [0.5, 0.6) is 0 Å². The summed E-state index contributed by atoms with van der Waals surface area (Å²) in [4.78, 5) is 24.4. The van der Waals surface area contributed by atoms with Gasteiger partial charge in [-0.05, 0) is 55.0 Å². The molecule has 1 aliphatic carbocycles. The Morgan fingerprint density at radius 1 is 1.23 bits per heavy atom. The molecule has 0 radical (unpaired) electrons. The zero-order valence-corrected chi connectivity index (χ0v) is 15.9. The molecule has 0 spiro atoms. The molecule has 0 unspecified atom stereocenters. The molecule has 0 bridgehead atoms. The van der Waals surface area contributed by atoms with Crippen molar-refractivity contribution >= 4 is 28.7 Å². The van der Waals surface area contributed by atoms with Gasteiger partial charge in [0.2, 0.25) is 0 Å². The summed E-state index contributed by atoms with van der Waals surface area (Å²) in [5.74, 6) is 0.249. The van der Waals surface area contributed by atoms with E-state index >= 15 is 0 Å². The fourth-order valence-electron chi connectivity index (χ4n) is 3.28. The minimum Gasteiger partial charge on any atom is -0.405 e. The van der Waals surface area contributed by atoms with Crippen LogP contribution in [0, 0.1) is 12.8 Å². The second-order valence-corrected chi connectivity index (χ2v) is 7.54. The molecule has 3 aromatic rings. The van der Waals surface area contributed by atoms with E-state index < -0.39 is 0 Å². The number of nitrogens with zero attached hydrogens (tertiary/aromatic N) is 2. The van der Waals surface area contributed by atoms with Gasteiger partial charge < -0.3 is 13.7 Å². The van der Waals surface area contributed by atoms with E-state index in [1.807, 2.05) is 37.6 Å². The molecule has 1 saturated carbocycles. The van der Waals surface area contributed by atoms with Crippen molar-refractivity contribution in [2.45, 2.75) is 26.3 Å². The lowest BCUT2D eigenvalue weighted by Crippen LogP contribution is -2.18. The number of fused-ring (bicyclic) bond motifs is 1. The molecule has 1 fully saturated rings. The predicted octanol–water partition coefficient (Wildman–Crippen LogP) is 3.37. The quantitative estimate of drug-likeness (QED) is 0.697. The predicted molar refractivity (Wildman–Crippen MR) is 106 cm³/mol. The molecule has 4 rings (SSSR count). The highest BCUT2D eigenvalue weighted by molar-refractivity contribution is 7.99. The van der Waals surface area contributed by atoms with E-state index in [9.17, 15) is 9.59 Å². The standard InChI is InChI=1S/C19H21N3O3S/c1-11-6-14(10-21(2)18(11)23)13-7-15(20-26-3)17-16(8-13)22(19(24)25-17)9-12-4-5-12/h6-8,10,12,20H,4-5,9H2,1-3H3. The van der Waals surface area contributed by atoms with Crippen molar-refractivity contribution in [1.29, 1.82) is 0 Å². The fourth-order valence-corrected chi connectivity index (χ4v) is 3.65. The van der Waals surface area contributed by atoms with Gasteiger partial charge in [-0.15, -0.1) is 0 Å². The third-order valence-electron chi connectivity index (χ3n) is 4.82. The van der Waals surface area contributed by atoms with E-state index in [-0.39, 0.29) is 11.3 Å². The summed E-state index contributed by atoms with van der Waals surface area (Å²) in [6.45, 7) is 2.51. The second kappa shape index (κ2) is 6.39. The Morgan fingerprint density at radius 2 is 2.00 bits per heavy atom. The van der Waals surface area contributed by atoms with Crippen molar-refractivity contribution in [2.24, 2.45) is 13.0 Å². The minimum atomic E-state index is -0.315. The van der Waals surface area contributed by atoms with E-state index in [0.717, 1.165) is 35.2 Å². The van der Waals surface area contributed by atoms with Crippen LogP contribution in [0.1, 0.15) is 18.4 Å². The zero-order valence-electron chi connectivity index (χ0n) is 15.0. The molecule has 0 atom stereocenters. The van der Waals surface area contributed by atoms with Gasteiger partial charge in [-0.2, -0.15) is 0 Å². The molecule has 26 heavy (non-hydrogen) atoms. The first-order valence-corrected chi connectivity index (χ1v) is 9.84. The molecular weight excluding hydrogens is 350 g/mol. The van der Waals surface area contributed by atoms with E-state index in [0.29, 0.717) is 23.6 Å². The van der Waals surface area contributed by atoms with Crippen LogP contribution in [0.2, 0.25) is 0 Å². The number of hydrogen-bond acceptors (Lipinski definition) is 5. The molecule has 0 aliphatic heterocycles. The van der Waals surface area contributed by atoms with Crippen LogP contribution in [0.15, 0.2) is 38.4 Å². The van der Waals surface area contributed by atoms with Crippen LogP contribution in [0.25, 0.3) is 22.2 Å². The Kier molecular flexibility index (Phi) is 4.19. The molecule has 2 aromatic heterocycles. The molecule has 1 N–H and O–H groups in total. The van der Waals surface area contributed by atoms with Crippen LogP contribution in [-0.4, -0.2) is 15.4 Å². The van der Waals surface area contributed by atoms with Crippen LogP contribution in [0.4, 0.5) is 5.69 Å². The zero-order chi connectivity index (χ0) is 18.4. The summed E-state index contributed by atoms with van der Waals surface area (Å²) >= 11 is 1.45. The number of pyridine rings is 1. The number of nitrogens with one attached hydrogen (secondary N) is 1. The van der Waals surface area contributed by atoms with Crippen molar-refractivity contribution in [3.63, 3.8) is 0 Å². The molecule has 1 aromatic carbocycles. The molecule has 136 valence electrons. The first-order chi connectivity index (χ1) is 12.5. The molecule has 0 saturated heterocycles. The lowest BCUT2D eigenvalue weighted by atomic mass is 10.0. The number of benzene rings is 1. The average molecular weight is 371 g/mol. The van der Waals surface area contributed by atoms with Crippen LogP contribution >= 0.6 is 11.9 Å². The van der Waals surface area contributed by atoms with Crippen molar-refractivity contribution in [1.82, 2.24) is 9.13 Å². The van der Waals surface area contributed by atoms with Crippen molar-refractivity contribution in [2.75, 3.05) is 11.0 Å².